The first-order valence-electron chi connectivity index (χ1n) is 8.02. The summed E-state index contributed by atoms with van der Waals surface area (Å²) < 4.78 is 11.4. The molecule has 2 saturated heterocycles. The average molecular weight is 295 g/mol. The van der Waals surface area contributed by atoms with E-state index in [2.05, 4.69) is 0 Å². The summed E-state index contributed by atoms with van der Waals surface area (Å²) in [6.45, 7) is 7.26. The summed E-state index contributed by atoms with van der Waals surface area (Å²) in [5, 5.41) is 0. The Kier molecular flexibility index (Phi) is 3.61. The molecule has 5 nitrogen and oxygen atoms in total. The van der Waals surface area contributed by atoms with Crippen LogP contribution in [-0.2, 0) is 19.1 Å². The van der Waals surface area contributed by atoms with Crippen LogP contribution in [0.2, 0.25) is 0 Å². The highest BCUT2D eigenvalue weighted by Crippen LogP contribution is 2.44. The van der Waals surface area contributed by atoms with Gasteiger partial charge in [0.05, 0.1) is 18.6 Å². The number of carbonyl (C=O) groups is 2. The molecule has 3 aliphatic rings. The summed E-state index contributed by atoms with van der Waals surface area (Å²) in [5.41, 5.74) is -0.535. The summed E-state index contributed by atoms with van der Waals surface area (Å²) in [6.07, 6.45) is 3.45. The van der Waals surface area contributed by atoms with Crippen molar-refractivity contribution >= 4 is 11.8 Å². The van der Waals surface area contributed by atoms with Crippen molar-refractivity contribution in [1.29, 1.82) is 0 Å². The molecular formula is C16H25NO4. The highest BCUT2D eigenvalue weighted by molar-refractivity contribution is 6.06. The second kappa shape index (κ2) is 5.06. The molecule has 1 unspecified atom stereocenters. The van der Waals surface area contributed by atoms with E-state index in [1.54, 1.807) is 4.90 Å². The van der Waals surface area contributed by atoms with Crippen molar-refractivity contribution in [2.24, 2.45) is 11.3 Å². The van der Waals surface area contributed by atoms with E-state index in [1.165, 1.54) is 0 Å². The van der Waals surface area contributed by atoms with Crippen molar-refractivity contribution in [3.8, 4) is 0 Å². The molecule has 1 saturated carbocycles. The SMILES string of the molecule is CC(C)C1(C)CC(=O)N(C2CCC3(CC2)OCCO3)C1=O. The third-order valence-electron chi connectivity index (χ3n) is 5.66. The predicted molar refractivity (Wildman–Crippen MR) is 76.3 cm³/mol. The van der Waals surface area contributed by atoms with E-state index in [4.69, 9.17) is 9.47 Å². The maximum atomic E-state index is 12.7. The van der Waals surface area contributed by atoms with Gasteiger partial charge in [-0.15, -0.1) is 0 Å². The standard InChI is InChI=1S/C16H25NO4/c1-11(2)15(3)10-13(18)17(14(15)19)12-4-6-16(7-5-12)20-8-9-21-16/h11-12H,4-10H2,1-3H3. The fourth-order valence-corrected chi connectivity index (χ4v) is 3.77. The normalized spacial score (nSPS) is 33.6. The highest BCUT2D eigenvalue weighted by Gasteiger charge is 2.53. The minimum Gasteiger partial charge on any atom is -0.348 e. The zero-order chi connectivity index (χ0) is 15.3. The molecule has 0 aromatic heterocycles. The molecule has 5 heteroatoms. The molecule has 0 bridgehead atoms. The predicted octanol–water partition coefficient (Wildman–Crippen LogP) is 2.09. The number of imide groups is 1. The molecule has 0 aromatic carbocycles. The van der Waals surface area contributed by atoms with Gasteiger partial charge in [0.2, 0.25) is 11.8 Å². The van der Waals surface area contributed by atoms with Crippen molar-refractivity contribution in [2.45, 2.75) is 64.7 Å². The van der Waals surface area contributed by atoms with Gasteiger partial charge >= 0.3 is 0 Å². The first-order chi connectivity index (χ1) is 9.88. The molecule has 2 heterocycles. The summed E-state index contributed by atoms with van der Waals surface area (Å²) in [4.78, 5) is 26.6. The lowest BCUT2D eigenvalue weighted by molar-refractivity contribution is -0.186. The second-order valence-corrected chi connectivity index (χ2v) is 7.16. The van der Waals surface area contributed by atoms with Gasteiger partial charge in [0.25, 0.3) is 0 Å². The number of rotatable bonds is 2. The van der Waals surface area contributed by atoms with Crippen LogP contribution in [0.25, 0.3) is 0 Å². The lowest BCUT2D eigenvalue weighted by Crippen LogP contribution is -2.48. The minimum atomic E-state index is -0.535. The topological polar surface area (TPSA) is 55.8 Å². The van der Waals surface area contributed by atoms with Crippen molar-refractivity contribution in [3.63, 3.8) is 0 Å². The Morgan fingerprint density at radius 3 is 2.19 bits per heavy atom. The van der Waals surface area contributed by atoms with E-state index < -0.39 is 11.2 Å². The molecule has 21 heavy (non-hydrogen) atoms. The average Bonchev–Trinajstić information content (AvgIpc) is 2.97. The fraction of sp³-hybridized carbons (Fsp3) is 0.875. The van der Waals surface area contributed by atoms with Crippen molar-refractivity contribution in [1.82, 2.24) is 4.90 Å². The van der Waals surface area contributed by atoms with Crippen LogP contribution in [0.5, 0.6) is 0 Å². The molecule has 3 fully saturated rings. The summed E-state index contributed by atoms with van der Waals surface area (Å²) in [6, 6.07) is 0.0176. The van der Waals surface area contributed by atoms with Crippen molar-refractivity contribution < 1.29 is 19.1 Å². The number of amides is 2. The quantitative estimate of drug-likeness (QED) is 0.732. The van der Waals surface area contributed by atoms with E-state index in [-0.39, 0.29) is 23.8 Å². The third kappa shape index (κ3) is 2.30. The summed E-state index contributed by atoms with van der Waals surface area (Å²) in [7, 11) is 0. The molecule has 3 rings (SSSR count). The number of nitrogens with zero attached hydrogens (tertiary/aromatic N) is 1. The zero-order valence-corrected chi connectivity index (χ0v) is 13.2. The van der Waals surface area contributed by atoms with Crippen LogP contribution in [0.1, 0.15) is 52.9 Å². The number of hydrogen-bond donors (Lipinski definition) is 0. The number of carbonyl (C=O) groups excluding carboxylic acids is 2. The molecule has 0 aromatic rings. The smallest absolute Gasteiger partial charge is 0.236 e. The van der Waals surface area contributed by atoms with E-state index >= 15 is 0 Å². The van der Waals surface area contributed by atoms with Crippen LogP contribution in [0.15, 0.2) is 0 Å². The highest BCUT2D eigenvalue weighted by atomic mass is 16.7. The number of ether oxygens (including phenoxy) is 2. The van der Waals surface area contributed by atoms with Crippen LogP contribution >= 0.6 is 0 Å². The summed E-state index contributed by atoms with van der Waals surface area (Å²) in [5.74, 6) is -0.263. The Bertz CT molecular complexity index is 445. The molecule has 1 atom stereocenters. The van der Waals surface area contributed by atoms with E-state index in [9.17, 15) is 9.59 Å². The van der Waals surface area contributed by atoms with Crippen LogP contribution in [0.4, 0.5) is 0 Å². The Labute approximate surface area is 126 Å². The van der Waals surface area contributed by atoms with Gasteiger partial charge in [-0.1, -0.05) is 13.8 Å². The Morgan fingerprint density at radius 2 is 1.71 bits per heavy atom. The Hall–Kier alpha value is -0.940. The molecular weight excluding hydrogens is 270 g/mol. The number of likely N-dealkylation sites (tertiary alicyclic amines) is 1. The molecule has 1 aliphatic carbocycles. The van der Waals surface area contributed by atoms with Gasteiger partial charge in [0.1, 0.15) is 0 Å². The van der Waals surface area contributed by atoms with Crippen molar-refractivity contribution in [2.75, 3.05) is 13.2 Å². The molecule has 118 valence electrons. The molecule has 2 aliphatic heterocycles. The van der Waals surface area contributed by atoms with Crippen LogP contribution in [0.3, 0.4) is 0 Å². The first kappa shape index (κ1) is 15.0. The largest absolute Gasteiger partial charge is 0.348 e. The third-order valence-corrected chi connectivity index (χ3v) is 5.66. The molecule has 1 spiro atoms. The van der Waals surface area contributed by atoms with Crippen molar-refractivity contribution in [3.05, 3.63) is 0 Å². The Morgan fingerprint density at radius 1 is 1.14 bits per heavy atom. The maximum absolute atomic E-state index is 12.7. The van der Waals surface area contributed by atoms with Gasteiger partial charge in [-0.25, -0.2) is 0 Å². The van der Waals surface area contributed by atoms with E-state index in [1.807, 2.05) is 20.8 Å². The van der Waals surface area contributed by atoms with Crippen LogP contribution < -0.4 is 0 Å². The molecule has 2 amide bonds. The zero-order valence-electron chi connectivity index (χ0n) is 13.2. The van der Waals surface area contributed by atoms with Gasteiger partial charge in [0, 0.05) is 25.3 Å². The maximum Gasteiger partial charge on any atom is 0.236 e. The first-order valence-corrected chi connectivity index (χ1v) is 8.02. The second-order valence-electron chi connectivity index (χ2n) is 7.16. The monoisotopic (exact) mass is 295 g/mol. The van der Waals surface area contributed by atoms with E-state index in [0.29, 0.717) is 19.6 Å². The fourth-order valence-electron chi connectivity index (χ4n) is 3.77. The van der Waals surface area contributed by atoms with Gasteiger partial charge in [-0.2, -0.15) is 0 Å². The van der Waals surface area contributed by atoms with Gasteiger partial charge in [-0.3, -0.25) is 14.5 Å². The lowest BCUT2D eigenvalue weighted by atomic mass is 9.77. The van der Waals surface area contributed by atoms with E-state index in [0.717, 1.165) is 25.7 Å². The van der Waals surface area contributed by atoms with Gasteiger partial charge < -0.3 is 9.47 Å². The molecule has 0 N–H and O–H groups in total. The minimum absolute atomic E-state index is 0.00888. The van der Waals surface area contributed by atoms with Crippen LogP contribution in [-0.4, -0.2) is 41.8 Å². The lowest BCUT2D eigenvalue weighted by Gasteiger charge is -2.39. The van der Waals surface area contributed by atoms with Crippen LogP contribution in [0, 0.1) is 11.3 Å². The molecule has 0 radical (unpaired) electrons. The number of hydrogen-bond acceptors (Lipinski definition) is 4. The van der Waals surface area contributed by atoms with Gasteiger partial charge in [0.15, 0.2) is 5.79 Å². The Balaban J connectivity index is 1.71. The summed E-state index contributed by atoms with van der Waals surface area (Å²) >= 11 is 0. The van der Waals surface area contributed by atoms with Gasteiger partial charge in [-0.05, 0) is 25.7 Å².